The first-order valence-electron chi connectivity index (χ1n) is 5.49. The van der Waals surface area contributed by atoms with E-state index in [0.29, 0.717) is 17.8 Å². The number of benzene rings is 1. The molecule has 1 aromatic heterocycles. The number of hydrogen-bond acceptors (Lipinski definition) is 2. The topological polar surface area (TPSA) is 20.3 Å². The first-order chi connectivity index (χ1) is 8.65. The number of carbonyl (C=O) groups excluding carboxylic acids is 1. The second-order valence-corrected chi connectivity index (χ2v) is 6.92. The van der Waals surface area contributed by atoms with Gasteiger partial charge in [0.05, 0.1) is 14.1 Å². The molecule has 1 aromatic carbocycles. The predicted octanol–water partition coefficient (Wildman–Crippen LogP) is 3.69. The van der Waals surface area contributed by atoms with Gasteiger partial charge in [-0.25, -0.2) is 4.39 Å². The number of thiophene rings is 1. The van der Waals surface area contributed by atoms with Gasteiger partial charge in [0.15, 0.2) is 0 Å². The van der Waals surface area contributed by atoms with Gasteiger partial charge in [0.1, 0.15) is 5.82 Å². The van der Waals surface area contributed by atoms with Crippen molar-refractivity contribution in [3.8, 4) is 0 Å². The molecule has 2 aromatic rings. The molecule has 0 unspecified atom stereocenters. The lowest BCUT2D eigenvalue weighted by Gasteiger charge is -2.16. The maximum atomic E-state index is 13.3. The highest BCUT2D eigenvalue weighted by molar-refractivity contribution is 14.1. The minimum absolute atomic E-state index is 0.0430. The zero-order valence-corrected chi connectivity index (χ0v) is 12.3. The monoisotopic (exact) mass is 373 g/mol. The second kappa shape index (κ2) is 4.62. The molecule has 0 atom stereocenters. The lowest BCUT2D eigenvalue weighted by Crippen LogP contribution is -2.28. The Morgan fingerprint density at radius 3 is 2.94 bits per heavy atom. The molecule has 5 heteroatoms. The van der Waals surface area contributed by atoms with Crippen molar-refractivity contribution in [1.82, 2.24) is 0 Å². The predicted molar refractivity (Wildman–Crippen MR) is 78.8 cm³/mol. The van der Waals surface area contributed by atoms with Crippen molar-refractivity contribution in [2.45, 2.75) is 6.42 Å². The van der Waals surface area contributed by atoms with Gasteiger partial charge >= 0.3 is 0 Å². The SMILES string of the molecule is O=C(c1csc(I)c1)N1CCc2ccc(F)cc21. The van der Waals surface area contributed by atoms with Crippen LogP contribution in [0.5, 0.6) is 0 Å². The normalized spacial score (nSPS) is 13.8. The van der Waals surface area contributed by atoms with E-state index in [1.54, 1.807) is 22.3 Å². The van der Waals surface area contributed by atoms with Crippen molar-refractivity contribution in [2.75, 3.05) is 11.4 Å². The van der Waals surface area contributed by atoms with Crippen LogP contribution >= 0.6 is 33.9 Å². The van der Waals surface area contributed by atoms with Gasteiger partial charge in [-0.2, -0.15) is 0 Å². The van der Waals surface area contributed by atoms with Crippen molar-refractivity contribution < 1.29 is 9.18 Å². The zero-order chi connectivity index (χ0) is 12.7. The molecule has 0 radical (unpaired) electrons. The van der Waals surface area contributed by atoms with Crippen LogP contribution in [0, 0.1) is 8.70 Å². The lowest BCUT2D eigenvalue weighted by atomic mass is 10.1. The highest BCUT2D eigenvalue weighted by atomic mass is 127. The van der Waals surface area contributed by atoms with E-state index in [1.165, 1.54) is 12.1 Å². The largest absolute Gasteiger partial charge is 0.308 e. The van der Waals surface area contributed by atoms with Crippen LogP contribution < -0.4 is 4.90 Å². The van der Waals surface area contributed by atoms with Crippen molar-refractivity contribution in [2.24, 2.45) is 0 Å². The van der Waals surface area contributed by atoms with E-state index in [2.05, 4.69) is 22.6 Å². The fraction of sp³-hybridized carbons (Fsp3) is 0.154. The van der Waals surface area contributed by atoms with Gasteiger partial charge in [0, 0.05) is 11.9 Å². The van der Waals surface area contributed by atoms with Crippen LogP contribution in [-0.4, -0.2) is 12.5 Å². The smallest absolute Gasteiger partial charge is 0.259 e. The lowest BCUT2D eigenvalue weighted by molar-refractivity contribution is 0.0990. The molecule has 2 heterocycles. The molecule has 1 aliphatic rings. The Hall–Kier alpha value is -0.950. The quantitative estimate of drug-likeness (QED) is 0.699. The summed E-state index contributed by atoms with van der Waals surface area (Å²) >= 11 is 3.73. The van der Waals surface area contributed by atoms with Gasteiger partial charge in [0.25, 0.3) is 5.91 Å². The summed E-state index contributed by atoms with van der Waals surface area (Å²) in [6.07, 6.45) is 0.794. The number of rotatable bonds is 1. The number of halogens is 2. The summed E-state index contributed by atoms with van der Waals surface area (Å²) < 4.78 is 14.3. The van der Waals surface area contributed by atoms with Crippen LogP contribution in [0.2, 0.25) is 0 Å². The maximum absolute atomic E-state index is 13.3. The molecule has 1 aliphatic heterocycles. The Bertz CT molecular complexity index is 625. The molecule has 0 N–H and O–H groups in total. The summed E-state index contributed by atoms with van der Waals surface area (Å²) in [6, 6.07) is 6.51. The minimum atomic E-state index is -0.298. The van der Waals surface area contributed by atoms with Gasteiger partial charge in [-0.05, 0) is 52.8 Å². The summed E-state index contributed by atoms with van der Waals surface area (Å²) in [7, 11) is 0. The van der Waals surface area contributed by atoms with Gasteiger partial charge in [-0.3, -0.25) is 4.79 Å². The van der Waals surface area contributed by atoms with Crippen molar-refractivity contribution in [1.29, 1.82) is 0 Å². The van der Waals surface area contributed by atoms with E-state index in [1.807, 2.05) is 11.4 Å². The first-order valence-corrected chi connectivity index (χ1v) is 7.45. The molecule has 0 saturated heterocycles. The molecule has 0 bridgehead atoms. The maximum Gasteiger partial charge on any atom is 0.259 e. The Kier molecular flexibility index (Phi) is 3.11. The number of carbonyl (C=O) groups is 1. The number of hydrogen-bond donors (Lipinski definition) is 0. The number of fused-ring (bicyclic) bond motifs is 1. The Labute approximate surface area is 122 Å². The van der Waals surface area contributed by atoms with Gasteiger partial charge in [-0.1, -0.05) is 6.07 Å². The van der Waals surface area contributed by atoms with Crippen LogP contribution in [0.15, 0.2) is 29.6 Å². The van der Waals surface area contributed by atoms with E-state index < -0.39 is 0 Å². The van der Waals surface area contributed by atoms with Crippen molar-refractivity contribution in [3.63, 3.8) is 0 Å². The van der Waals surface area contributed by atoms with Crippen molar-refractivity contribution in [3.05, 3.63) is 49.5 Å². The van der Waals surface area contributed by atoms with Crippen LogP contribution in [0.1, 0.15) is 15.9 Å². The van der Waals surface area contributed by atoms with E-state index in [-0.39, 0.29) is 11.7 Å². The average molecular weight is 373 g/mol. The molecule has 0 aliphatic carbocycles. The van der Waals surface area contributed by atoms with Gasteiger partial charge < -0.3 is 4.90 Å². The molecule has 1 amide bonds. The average Bonchev–Trinajstić information content (AvgIpc) is 2.94. The zero-order valence-electron chi connectivity index (χ0n) is 9.32. The molecular weight excluding hydrogens is 364 g/mol. The first kappa shape index (κ1) is 12.1. The summed E-state index contributed by atoms with van der Waals surface area (Å²) in [5.41, 5.74) is 2.43. The van der Waals surface area contributed by atoms with Gasteiger partial charge in [0.2, 0.25) is 0 Å². The molecule has 0 spiro atoms. The van der Waals surface area contributed by atoms with E-state index in [0.717, 1.165) is 14.9 Å². The van der Waals surface area contributed by atoms with Crippen LogP contribution in [0.3, 0.4) is 0 Å². The van der Waals surface area contributed by atoms with Crippen LogP contribution in [-0.2, 0) is 6.42 Å². The molecule has 0 saturated carbocycles. The molecule has 92 valence electrons. The number of anilines is 1. The Morgan fingerprint density at radius 1 is 1.39 bits per heavy atom. The van der Waals surface area contributed by atoms with Crippen molar-refractivity contribution >= 4 is 45.5 Å². The molecule has 2 nitrogen and oxygen atoms in total. The number of nitrogens with zero attached hydrogens (tertiary/aromatic N) is 1. The fourth-order valence-corrected chi connectivity index (χ4v) is 3.46. The third-order valence-electron chi connectivity index (χ3n) is 3.00. The highest BCUT2D eigenvalue weighted by Crippen LogP contribution is 2.30. The summed E-state index contributed by atoms with van der Waals surface area (Å²) in [4.78, 5) is 14.0. The standard InChI is InChI=1S/C13H9FINOS/c14-10-2-1-8-3-4-16(11(8)6-10)13(17)9-5-12(15)18-7-9/h1-2,5-7H,3-4H2. The molecule has 18 heavy (non-hydrogen) atoms. The molecule has 3 rings (SSSR count). The van der Waals surface area contributed by atoms with Crippen LogP contribution in [0.25, 0.3) is 0 Å². The van der Waals surface area contributed by atoms with E-state index in [4.69, 9.17) is 0 Å². The van der Waals surface area contributed by atoms with Crippen LogP contribution in [0.4, 0.5) is 10.1 Å². The summed E-state index contributed by atoms with van der Waals surface area (Å²) in [5.74, 6) is -0.341. The van der Waals surface area contributed by atoms with E-state index >= 15 is 0 Å². The second-order valence-electron chi connectivity index (χ2n) is 4.12. The van der Waals surface area contributed by atoms with E-state index in [9.17, 15) is 9.18 Å². The molecule has 0 fully saturated rings. The molecular formula is C13H9FINOS. The highest BCUT2D eigenvalue weighted by Gasteiger charge is 2.26. The third-order valence-corrected chi connectivity index (χ3v) is 4.79. The summed E-state index contributed by atoms with van der Waals surface area (Å²) in [5, 5.41) is 1.85. The Morgan fingerprint density at radius 2 is 2.22 bits per heavy atom. The Balaban J connectivity index is 1.96. The minimum Gasteiger partial charge on any atom is -0.308 e. The number of amides is 1. The van der Waals surface area contributed by atoms with Gasteiger partial charge in [-0.15, -0.1) is 11.3 Å². The fourth-order valence-electron chi connectivity index (χ4n) is 2.14. The third kappa shape index (κ3) is 2.05. The summed E-state index contributed by atoms with van der Waals surface area (Å²) in [6.45, 7) is 0.629.